The van der Waals surface area contributed by atoms with Crippen molar-refractivity contribution in [1.82, 2.24) is 9.62 Å². The summed E-state index contributed by atoms with van der Waals surface area (Å²) in [6.45, 7) is 0.299. The Morgan fingerprint density at radius 1 is 0.970 bits per heavy atom. The van der Waals surface area contributed by atoms with Gasteiger partial charge in [-0.1, -0.05) is 60.7 Å². The molecule has 1 amide bonds. The molecule has 1 atom stereocenters. The third-order valence-corrected chi connectivity index (χ3v) is 7.14. The van der Waals surface area contributed by atoms with Crippen molar-refractivity contribution in [2.45, 2.75) is 36.8 Å². The number of rotatable bonds is 7. The number of carbonyl (C=O) groups is 2. The number of amides is 1. The third kappa shape index (κ3) is 5.77. The summed E-state index contributed by atoms with van der Waals surface area (Å²) in [5.74, 6) is -0.932. The fourth-order valence-electron chi connectivity index (χ4n) is 3.90. The predicted molar refractivity (Wildman–Crippen MR) is 125 cm³/mol. The van der Waals surface area contributed by atoms with Crippen LogP contribution in [0.15, 0.2) is 77.7 Å². The molecule has 0 bridgehead atoms. The Labute approximate surface area is 193 Å². The Balaban J connectivity index is 1.42. The predicted octanol–water partition coefficient (Wildman–Crippen LogP) is 3.24. The van der Waals surface area contributed by atoms with Crippen LogP contribution >= 0.6 is 0 Å². The molecule has 0 saturated carbocycles. The number of carbonyl (C=O) groups excluding carboxylic acids is 2. The highest BCUT2D eigenvalue weighted by molar-refractivity contribution is 7.89. The fraction of sp³-hybridized carbons (Fsp3) is 0.280. The summed E-state index contributed by atoms with van der Waals surface area (Å²) in [6.07, 6.45) is 1.74. The molecule has 4 rings (SSSR count). The van der Waals surface area contributed by atoms with Gasteiger partial charge in [0, 0.05) is 6.54 Å². The molecule has 1 N–H and O–H groups in total. The van der Waals surface area contributed by atoms with Gasteiger partial charge in [0.25, 0.3) is 0 Å². The lowest BCUT2D eigenvalue weighted by atomic mass is 10.1. The standard InChI is InChI=1S/C25H26N2O5S/c28-24(32-18-19-8-2-1-3-9-19)17-27-15-7-6-12-23(25(27)29)26-33(30,31)22-14-13-20-10-4-5-11-21(20)16-22/h1-5,8-11,13-14,16,23,26H,6-7,12,15,17-18H2. The molecule has 3 aromatic carbocycles. The van der Waals surface area contributed by atoms with Crippen LogP contribution in [0.25, 0.3) is 10.8 Å². The highest BCUT2D eigenvalue weighted by atomic mass is 32.2. The molecule has 1 aliphatic rings. The highest BCUT2D eigenvalue weighted by Gasteiger charge is 2.32. The van der Waals surface area contributed by atoms with E-state index in [1.165, 1.54) is 11.0 Å². The van der Waals surface area contributed by atoms with Crippen molar-refractivity contribution in [1.29, 1.82) is 0 Å². The number of sulfonamides is 1. The number of ether oxygens (including phenoxy) is 1. The van der Waals surface area contributed by atoms with Crippen molar-refractivity contribution in [2.24, 2.45) is 0 Å². The summed E-state index contributed by atoms with van der Waals surface area (Å²) in [4.78, 5) is 26.9. The van der Waals surface area contributed by atoms with Crippen LogP contribution in [0.3, 0.4) is 0 Å². The van der Waals surface area contributed by atoms with Gasteiger partial charge in [-0.15, -0.1) is 0 Å². The van der Waals surface area contributed by atoms with Crippen molar-refractivity contribution in [3.05, 3.63) is 78.4 Å². The zero-order chi connectivity index (χ0) is 23.3. The lowest BCUT2D eigenvalue weighted by molar-refractivity contribution is -0.150. The highest BCUT2D eigenvalue weighted by Crippen LogP contribution is 2.21. The molecule has 1 unspecified atom stereocenters. The van der Waals surface area contributed by atoms with Gasteiger partial charge in [-0.2, -0.15) is 4.72 Å². The summed E-state index contributed by atoms with van der Waals surface area (Å²) < 4.78 is 33.9. The van der Waals surface area contributed by atoms with Crippen LogP contribution in [-0.4, -0.2) is 44.3 Å². The maximum Gasteiger partial charge on any atom is 0.325 e. The van der Waals surface area contributed by atoms with Crippen LogP contribution in [0, 0.1) is 0 Å². The normalized spacial score (nSPS) is 17.0. The molecular formula is C25H26N2O5S. The summed E-state index contributed by atoms with van der Waals surface area (Å²) >= 11 is 0. The molecule has 0 radical (unpaired) electrons. The van der Waals surface area contributed by atoms with Crippen molar-refractivity contribution in [3.8, 4) is 0 Å². The smallest absolute Gasteiger partial charge is 0.325 e. The van der Waals surface area contributed by atoms with E-state index < -0.39 is 27.9 Å². The maximum absolute atomic E-state index is 13.1. The van der Waals surface area contributed by atoms with Gasteiger partial charge in [-0.3, -0.25) is 9.59 Å². The van der Waals surface area contributed by atoms with Gasteiger partial charge in [0.05, 0.1) is 4.90 Å². The van der Waals surface area contributed by atoms with E-state index in [1.807, 2.05) is 54.6 Å². The first-order chi connectivity index (χ1) is 15.9. The molecule has 0 aromatic heterocycles. The minimum Gasteiger partial charge on any atom is -0.459 e. The average molecular weight is 467 g/mol. The molecule has 172 valence electrons. The van der Waals surface area contributed by atoms with Crippen molar-refractivity contribution in [3.63, 3.8) is 0 Å². The Morgan fingerprint density at radius 3 is 2.48 bits per heavy atom. The monoisotopic (exact) mass is 466 g/mol. The summed E-state index contributed by atoms with van der Waals surface area (Å²) in [5.41, 5.74) is 0.856. The van der Waals surface area contributed by atoms with Crippen LogP contribution in [0.1, 0.15) is 24.8 Å². The van der Waals surface area contributed by atoms with E-state index in [0.717, 1.165) is 16.3 Å². The maximum atomic E-state index is 13.1. The molecule has 1 aliphatic heterocycles. The lowest BCUT2D eigenvalue weighted by Gasteiger charge is -2.24. The average Bonchev–Trinajstić information content (AvgIpc) is 2.99. The Bertz CT molecular complexity index is 1240. The summed E-state index contributed by atoms with van der Waals surface area (Å²) in [5, 5.41) is 1.73. The molecule has 7 nitrogen and oxygen atoms in total. The first-order valence-corrected chi connectivity index (χ1v) is 12.4. The first kappa shape index (κ1) is 22.9. The number of hydrogen-bond donors (Lipinski definition) is 1. The van der Waals surface area contributed by atoms with Gasteiger partial charge in [-0.25, -0.2) is 8.42 Å². The summed E-state index contributed by atoms with van der Waals surface area (Å²) in [7, 11) is -3.91. The van der Waals surface area contributed by atoms with Crippen LogP contribution < -0.4 is 4.72 Å². The van der Waals surface area contributed by atoms with Gasteiger partial charge >= 0.3 is 5.97 Å². The van der Waals surface area contributed by atoms with E-state index in [2.05, 4.69) is 4.72 Å². The van der Waals surface area contributed by atoms with Gasteiger partial charge in [0.1, 0.15) is 19.2 Å². The molecular weight excluding hydrogens is 440 g/mol. The van der Waals surface area contributed by atoms with Crippen LogP contribution in [0.4, 0.5) is 0 Å². The number of hydrogen-bond acceptors (Lipinski definition) is 5. The number of esters is 1. The van der Waals surface area contributed by atoms with Crippen molar-refractivity contribution in [2.75, 3.05) is 13.1 Å². The zero-order valence-electron chi connectivity index (χ0n) is 18.1. The van der Waals surface area contributed by atoms with E-state index in [4.69, 9.17) is 4.74 Å². The molecule has 1 heterocycles. The Kier molecular flexibility index (Phi) is 7.05. The van der Waals surface area contributed by atoms with E-state index in [1.54, 1.807) is 12.1 Å². The first-order valence-electron chi connectivity index (χ1n) is 10.9. The number of likely N-dealkylation sites (tertiary alicyclic amines) is 1. The minimum absolute atomic E-state index is 0.104. The van der Waals surface area contributed by atoms with Gasteiger partial charge in [0.15, 0.2) is 0 Å². The zero-order valence-corrected chi connectivity index (χ0v) is 19.0. The van der Waals surface area contributed by atoms with Crippen LogP contribution in [-0.2, 0) is 31.0 Å². The fourth-order valence-corrected chi connectivity index (χ4v) is 5.16. The topological polar surface area (TPSA) is 92.8 Å². The van der Waals surface area contributed by atoms with E-state index in [-0.39, 0.29) is 18.0 Å². The second kappa shape index (κ2) is 10.1. The van der Waals surface area contributed by atoms with E-state index >= 15 is 0 Å². The Morgan fingerprint density at radius 2 is 1.70 bits per heavy atom. The molecule has 0 aliphatic carbocycles. The minimum atomic E-state index is -3.91. The molecule has 33 heavy (non-hydrogen) atoms. The van der Waals surface area contributed by atoms with Crippen LogP contribution in [0.2, 0.25) is 0 Å². The number of nitrogens with one attached hydrogen (secondary N) is 1. The van der Waals surface area contributed by atoms with E-state index in [9.17, 15) is 18.0 Å². The van der Waals surface area contributed by atoms with Crippen LogP contribution in [0.5, 0.6) is 0 Å². The molecule has 1 fully saturated rings. The van der Waals surface area contributed by atoms with Gasteiger partial charge in [0.2, 0.25) is 15.9 Å². The lowest BCUT2D eigenvalue weighted by Crippen LogP contribution is -2.48. The molecule has 3 aromatic rings. The quantitative estimate of drug-likeness (QED) is 0.540. The summed E-state index contributed by atoms with van der Waals surface area (Å²) in [6, 6.07) is 20.7. The van der Waals surface area contributed by atoms with Crippen molar-refractivity contribution >= 4 is 32.7 Å². The second-order valence-electron chi connectivity index (χ2n) is 8.08. The molecule has 8 heteroatoms. The molecule has 1 saturated heterocycles. The SMILES string of the molecule is O=C(CN1CCCCC(NS(=O)(=O)c2ccc3ccccc3c2)C1=O)OCc1ccccc1. The van der Waals surface area contributed by atoms with Crippen molar-refractivity contribution < 1.29 is 22.7 Å². The van der Waals surface area contributed by atoms with E-state index in [0.29, 0.717) is 25.8 Å². The Hall–Kier alpha value is -3.23. The third-order valence-electron chi connectivity index (χ3n) is 5.67. The number of benzene rings is 3. The van der Waals surface area contributed by atoms with Gasteiger partial charge < -0.3 is 9.64 Å². The number of nitrogens with zero attached hydrogens (tertiary/aromatic N) is 1. The second-order valence-corrected chi connectivity index (χ2v) is 9.80. The molecule has 0 spiro atoms. The largest absolute Gasteiger partial charge is 0.459 e. The van der Waals surface area contributed by atoms with Gasteiger partial charge in [-0.05, 0) is 47.7 Å². The number of fused-ring (bicyclic) bond motifs is 1.